The van der Waals surface area contributed by atoms with E-state index in [0.29, 0.717) is 17.9 Å². The maximum Gasteiger partial charge on any atom is 0.153 e. The van der Waals surface area contributed by atoms with E-state index in [-0.39, 0.29) is 13.2 Å². The van der Waals surface area contributed by atoms with Crippen LogP contribution in [0.3, 0.4) is 0 Å². The predicted molar refractivity (Wildman–Crippen MR) is 73.8 cm³/mol. The summed E-state index contributed by atoms with van der Waals surface area (Å²) in [4.78, 5) is 10.9. The Morgan fingerprint density at radius 3 is 2.84 bits per heavy atom. The number of ether oxygens (including phenoxy) is 2. The van der Waals surface area contributed by atoms with E-state index in [0.717, 1.165) is 24.7 Å². The minimum absolute atomic E-state index is 0.123. The lowest BCUT2D eigenvalue weighted by molar-refractivity contribution is 0.0111. The number of benzene rings is 1. The van der Waals surface area contributed by atoms with Crippen molar-refractivity contribution < 1.29 is 19.4 Å². The number of aliphatic hydroxyl groups excluding tert-OH is 1. The van der Waals surface area contributed by atoms with Crippen molar-refractivity contribution in [1.82, 2.24) is 0 Å². The Hall–Kier alpha value is -1.39. The van der Waals surface area contributed by atoms with Crippen LogP contribution in [-0.4, -0.2) is 37.3 Å². The molecule has 0 radical (unpaired) electrons. The SMILES string of the molecule is CCCCOCC(O)COc1c(C)cccc1C=O. The second-order valence-electron chi connectivity index (χ2n) is 4.50. The van der Waals surface area contributed by atoms with E-state index >= 15 is 0 Å². The molecule has 0 fully saturated rings. The van der Waals surface area contributed by atoms with Crippen molar-refractivity contribution >= 4 is 6.29 Å². The smallest absolute Gasteiger partial charge is 0.153 e. The van der Waals surface area contributed by atoms with E-state index in [2.05, 4.69) is 6.92 Å². The number of carbonyl (C=O) groups is 1. The van der Waals surface area contributed by atoms with Gasteiger partial charge in [-0.05, 0) is 25.0 Å². The van der Waals surface area contributed by atoms with Crippen LogP contribution in [0, 0.1) is 6.92 Å². The molecule has 4 nitrogen and oxygen atoms in total. The number of hydrogen-bond donors (Lipinski definition) is 1. The standard InChI is InChI=1S/C15H22O4/c1-3-4-8-18-10-14(17)11-19-15-12(2)6-5-7-13(15)9-16/h5-7,9,14,17H,3-4,8,10-11H2,1-2H3. The number of aryl methyl sites for hydroxylation is 1. The summed E-state index contributed by atoms with van der Waals surface area (Å²) in [6, 6.07) is 5.36. The summed E-state index contributed by atoms with van der Waals surface area (Å²) in [6.45, 7) is 4.98. The molecule has 1 N–H and O–H groups in total. The molecule has 0 aliphatic carbocycles. The van der Waals surface area contributed by atoms with E-state index < -0.39 is 6.10 Å². The van der Waals surface area contributed by atoms with Crippen LogP contribution in [0.15, 0.2) is 18.2 Å². The van der Waals surface area contributed by atoms with Gasteiger partial charge < -0.3 is 14.6 Å². The molecule has 0 aliphatic heterocycles. The predicted octanol–water partition coefficient (Wildman–Crippen LogP) is 2.36. The zero-order chi connectivity index (χ0) is 14.1. The number of aliphatic hydroxyl groups is 1. The van der Waals surface area contributed by atoms with Gasteiger partial charge in [0.05, 0.1) is 12.2 Å². The fourth-order valence-corrected chi connectivity index (χ4v) is 1.66. The summed E-state index contributed by atoms with van der Waals surface area (Å²) >= 11 is 0. The summed E-state index contributed by atoms with van der Waals surface area (Å²) in [5.74, 6) is 0.533. The molecule has 0 aliphatic rings. The summed E-state index contributed by atoms with van der Waals surface area (Å²) in [5.41, 5.74) is 1.38. The summed E-state index contributed by atoms with van der Waals surface area (Å²) in [5, 5.41) is 9.73. The largest absolute Gasteiger partial charge is 0.490 e. The normalized spacial score (nSPS) is 12.2. The number of aldehydes is 1. The Morgan fingerprint density at radius 1 is 1.37 bits per heavy atom. The van der Waals surface area contributed by atoms with Gasteiger partial charge in [-0.15, -0.1) is 0 Å². The van der Waals surface area contributed by atoms with Gasteiger partial charge in [-0.2, -0.15) is 0 Å². The molecule has 1 aromatic carbocycles. The second kappa shape index (κ2) is 8.67. The molecule has 106 valence electrons. The molecular weight excluding hydrogens is 244 g/mol. The quantitative estimate of drug-likeness (QED) is 0.550. The lowest BCUT2D eigenvalue weighted by Gasteiger charge is -2.15. The zero-order valence-electron chi connectivity index (χ0n) is 11.6. The van der Waals surface area contributed by atoms with Gasteiger partial charge in [0, 0.05) is 6.61 Å². The first-order valence-corrected chi connectivity index (χ1v) is 6.62. The van der Waals surface area contributed by atoms with E-state index in [1.165, 1.54) is 0 Å². The van der Waals surface area contributed by atoms with Crippen molar-refractivity contribution in [2.75, 3.05) is 19.8 Å². The lowest BCUT2D eigenvalue weighted by atomic mass is 10.1. The van der Waals surface area contributed by atoms with Gasteiger partial charge in [0.25, 0.3) is 0 Å². The molecule has 0 heterocycles. The van der Waals surface area contributed by atoms with Crippen LogP contribution < -0.4 is 4.74 Å². The van der Waals surface area contributed by atoms with Gasteiger partial charge in [-0.3, -0.25) is 4.79 Å². The third kappa shape index (κ3) is 5.41. The number of hydrogen-bond acceptors (Lipinski definition) is 4. The number of para-hydroxylation sites is 1. The second-order valence-corrected chi connectivity index (χ2v) is 4.50. The summed E-state index contributed by atoms with van der Waals surface area (Å²) in [7, 11) is 0. The maximum absolute atomic E-state index is 10.9. The summed E-state index contributed by atoms with van der Waals surface area (Å²) in [6.07, 6.45) is 2.13. The molecule has 0 bridgehead atoms. The summed E-state index contributed by atoms with van der Waals surface area (Å²) < 4.78 is 10.8. The Bertz CT molecular complexity index is 390. The van der Waals surface area contributed by atoms with Gasteiger partial charge in [0.1, 0.15) is 18.5 Å². The highest BCUT2D eigenvalue weighted by Crippen LogP contribution is 2.21. The van der Waals surface area contributed by atoms with Crippen molar-refractivity contribution in [3.05, 3.63) is 29.3 Å². The molecule has 0 amide bonds. The van der Waals surface area contributed by atoms with Crippen LogP contribution in [0.2, 0.25) is 0 Å². The number of carbonyl (C=O) groups excluding carboxylic acids is 1. The van der Waals surface area contributed by atoms with Gasteiger partial charge >= 0.3 is 0 Å². The minimum atomic E-state index is -0.684. The molecule has 0 aromatic heterocycles. The van der Waals surface area contributed by atoms with Crippen LogP contribution in [0.5, 0.6) is 5.75 Å². The maximum atomic E-state index is 10.9. The molecule has 1 unspecified atom stereocenters. The lowest BCUT2D eigenvalue weighted by Crippen LogP contribution is -2.24. The highest BCUT2D eigenvalue weighted by Gasteiger charge is 2.10. The molecule has 19 heavy (non-hydrogen) atoms. The Labute approximate surface area is 114 Å². The van der Waals surface area contributed by atoms with E-state index in [1.807, 2.05) is 13.0 Å². The third-order valence-corrected chi connectivity index (χ3v) is 2.74. The van der Waals surface area contributed by atoms with Crippen LogP contribution in [-0.2, 0) is 4.74 Å². The molecule has 1 aromatic rings. The monoisotopic (exact) mass is 266 g/mol. The molecule has 1 atom stereocenters. The minimum Gasteiger partial charge on any atom is -0.490 e. The first-order chi connectivity index (χ1) is 9.19. The Kier molecular flexibility index (Phi) is 7.15. The third-order valence-electron chi connectivity index (χ3n) is 2.74. The molecule has 1 rings (SSSR count). The van der Waals surface area contributed by atoms with Crippen LogP contribution in [0.25, 0.3) is 0 Å². The molecule has 0 spiro atoms. The Balaban J connectivity index is 2.41. The van der Waals surface area contributed by atoms with Gasteiger partial charge in [-0.25, -0.2) is 0 Å². The molecule has 0 saturated carbocycles. The van der Waals surface area contributed by atoms with Gasteiger partial charge in [0.15, 0.2) is 6.29 Å². The Morgan fingerprint density at radius 2 is 2.16 bits per heavy atom. The van der Waals surface area contributed by atoms with Crippen molar-refractivity contribution in [3.63, 3.8) is 0 Å². The van der Waals surface area contributed by atoms with Crippen molar-refractivity contribution in [2.45, 2.75) is 32.8 Å². The van der Waals surface area contributed by atoms with E-state index in [4.69, 9.17) is 9.47 Å². The number of unbranched alkanes of at least 4 members (excludes halogenated alkanes) is 1. The van der Waals surface area contributed by atoms with Gasteiger partial charge in [0.2, 0.25) is 0 Å². The number of rotatable bonds is 9. The fraction of sp³-hybridized carbons (Fsp3) is 0.533. The zero-order valence-corrected chi connectivity index (χ0v) is 11.6. The van der Waals surface area contributed by atoms with Crippen LogP contribution >= 0.6 is 0 Å². The van der Waals surface area contributed by atoms with E-state index in [9.17, 15) is 9.90 Å². The van der Waals surface area contributed by atoms with E-state index in [1.54, 1.807) is 12.1 Å². The van der Waals surface area contributed by atoms with Crippen LogP contribution in [0.1, 0.15) is 35.7 Å². The van der Waals surface area contributed by atoms with Crippen molar-refractivity contribution in [2.24, 2.45) is 0 Å². The first kappa shape index (κ1) is 15.7. The topological polar surface area (TPSA) is 55.8 Å². The highest BCUT2D eigenvalue weighted by molar-refractivity contribution is 5.80. The van der Waals surface area contributed by atoms with Gasteiger partial charge in [-0.1, -0.05) is 25.5 Å². The van der Waals surface area contributed by atoms with Crippen LogP contribution in [0.4, 0.5) is 0 Å². The first-order valence-electron chi connectivity index (χ1n) is 6.62. The molecular formula is C15H22O4. The molecule has 4 heteroatoms. The van der Waals surface area contributed by atoms with Crippen molar-refractivity contribution in [3.8, 4) is 5.75 Å². The highest BCUT2D eigenvalue weighted by atomic mass is 16.5. The average Bonchev–Trinajstić information content (AvgIpc) is 2.42. The fourth-order valence-electron chi connectivity index (χ4n) is 1.66. The van der Waals surface area contributed by atoms with Crippen molar-refractivity contribution in [1.29, 1.82) is 0 Å². The average molecular weight is 266 g/mol. The molecule has 0 saturated heterocycles.